The van der Waals surface area contributed by atoms with Crippen LogP contribution in [0.3, 0.4) is 0 Å². The number of aliphatic hydroxyl groups is 1. The molecule has 37 heavy (non-hydrogen) atoms. The Bertz CT molecular complexity index is 1440. The molecule has 3 aliphatic heterocycles. The molecule has 0 aliphatic carbocycles. The van der Waals surface area contributed by atoms with Crippen LogP contribution in [0.1, 0.15) is 28.4 Å². The summed E-state index contributed by atoms with van der Waals surface area (Å²) in [5.74, 6) is 1.35. The Hall–Kier alpha value is -3.31. The van der Waals surface area contributed by atoms with Crippen molar-refractivity contribution in [3.05, 3.63) is 50.8 Å². The standard InChI is InChI=1S/C27H30N4O6/c1-29-3-5-30(6-4-29)12-18-16-10-24-25(37-8-7-36-24)11-21(16)28-26-19(18)13-31-22(26)9-17(23(33)14-32)20(15-35-2)27(31)34/h9-11,14,23,33H,3-8,12-13,15H2,1-2H3. The summed E-state index contributed by atoms with van der Waals surface area (Å²) in [7, 11) is 3.62. The molecule has 3 aromatic rings. The SMILES string of the molecule is COCc1c(C(O)C=O)cc2n(c1=O)Cc1c-2nc2cc3c(cc2c1CN1CCN(C)CC1)OCCO3. The van der Waals surface area contributed by atoms with Gasteiger partial charge in [0.15, 0.2) is 17.8 Å². The molecule has 1 saturated heterocycles. The number of benzene rings is 1. The van der Waals surface area contributed by atoms with Crippen molar-refractivity contribution in [3.8, 4) is 22.9 Å². The van der Waals surface area contributed by atoms with Crippen LogP contribution in [-0.4, -0.2) is 84.3 Å². The molecule has 0 amide bonds. The van der Waals surface area contributed by atoms with Gasteiger partial charge in [0, 0.05) is 68.0 Å². The fourth-order valence-corrected chi connectivity index (χ4v) is 5.54. The highest BCUT2D eigenvalue weighted by molar-refractivity contribution is 5.90. The van der Waals surface area contributed by atoms with E-state index in [4.69, 9.17) is 19.2 Å². The van der Waals surface area contributed by atoms with Crippen LogP contribution >= 0.6 is 0 Å². The van der Waals surface area contributed by atoms with Crippen LogP contribution in [0.5, 0.6) is 11.5 Å². The highest BCUT2D eigenvalue weighted by Gasteiger charge is 2.31. The van der Waals surface area contributed by atoms with Gasteiger partial charge in [-0.2, -0.15) is 0 Å². The average molecular weight is 507 g/mol. The lowest BCUT2D eigenvalue weighted by Crippen LogP contribution is -2.44. The topological polar surface area (TPSA) is 106 Å². The molecule has 10 heteroatoms. The van der Waals surface area contributed by atoms with Gasteiger partial charge in [-0.1, -0.05) is 0 Å². The van der Waals surface area contributed by atoms with Gasteiger partial charge in [0.1, 0.15) is 19.3 Å². The minimum absolute atomic E-state index is 0.000641. The van der Waals surface area contributed by atoms with Gasteiger partial charge < -0.3 is 33.6 Å². The lowest BCUT2D eigenvalue weighted by molar-refractivity contribution is -0.115. The molecule has 1 aromatic carbocycles. The third kappa shape index (κ3) is 4.10. The number of pyridine rings is 2. The number of carbonyl (C=O) groups excluding carboxylic acids is 1. The van der Waals surface area contributed by atoms with Gasteiger partial charge in [-0.15, -0.1) is 0 Å². The van der Waals surface area contributed by atoms with Gasteiger partial charge in [-0.3, -0.25) is 9.69 Å². The van der Waals surface area contributed by atoms with Crippen LogP contribution < -0.4 is 15.0 Å². The van der Waals surface area contributed by atoms with Crippen LogP contribution in [0, 0.1) is 0 Å². The number of aliphatic hydroxyl groups excluding tert-OH is 1. The van der Waals surface area contributed by atoms with Crippen molar-refractivity contribution in [3.63, 3.8) is 0 Å². The van der Waals surface area contributed by atoms with E-state index in [1.807, 2.05) is 12.1 Å². The number of hydrogen-bond donors (Lipinski definition) is 1. The van der Waals surface area contributed by atoms with Gasteiger partial charge in [0.05, 0.1) is 30.1 Å². The van der Waals surface area contributed by atoms with Crippen LogP contribution in [0.4, 0.5) is 0 Å². The molecule has 0 spiro atoms. The number of ether oxygens (including phenoxy) is 3. The first-order valence-electron chi connectivity index (χ1n) is 12.5. The quantitative estimate of drug-likeness (QED) is 0.388. The molecule has 10 nitrogen and oxygen atoms in total. The summed E-state index contributed by atoms with van der Waals surface area (Å²) in [6, 6.07) is 5.61. The molecule has 0 bridgehead atoms. The summed E-state index contributed by atoms with van der Waals surface area (Å²) in [6.07, 6.45) is -0.993. The van der Waals surface area contributed by atoms with Gasteiger partial charge in [0.25, 0.3) is 5.56 Å². The number of rotatable bonds is 6. The maximum atomic E-state index is 13.6. The molecule has 0 saturated carbocycles. The molecule has 5 heterocycles. The maximum absolute atomic E-state index is 13.6. The molecular formula is C27H30N4O6. The second-order valence-electron chi connectivity index (χ2n) is 9.88. The zero-order chi connectivity index (χ0) is 25.7. The first-order valence-corrected chi connectivity index (χ1v) is 12.5. The third-order valence-corrected chi connectivity index (χ3v) is 7.58. The Morgan fingerprint density at radius 1 is 1.11 bits per heavy atom. The fourth-order valence-electron chi connectivity index (χ4n) is 5.54. The van der Waals surface area contributed by atoms with Crippen molar-refractivity contribution in [2.45, 2.75) is 25.8 Å². The molecule has 194 valence electrons. The molecule has 1 fully saturated rings. The highest BCUT2D eigenvalue weighted by Crippen LogP contribution is 2.41. The van der Waals surface area contributed by atoms with Crippen LogP contribution in [0.15, 0.2) is 23.0 Å². The molecule has 3 aliphatic rings. The number of aldehydes is 1. The van der Waals surface area contributed by atoms with Crippen molar-refractivity contribution >= 4 is 17.2 Å². The lowest BCUT2D eigenvalue weighted by atomic mass is 9.98. The zero-order valence-electron chi connectivity index (χ0n) is 21.0. The van der Waals surface area contributed by atoms with Crippen molar-refractivity contribution in [1.82, 2.24) is 19.4 Å². The molecular weight excluding hydrogens is 476 g/mol. The predicted molar refractivity (Wildman–Crippen MR) is 136 cm³/mol. The predicted octanol–water partition coefficient (Wildman–Crippen LogP) is 1.32. The van der Waals surface area contributed by atoms with E-state index >= 15 is 0 Å². The van der Waals surface area contributed by atoms with E-state index in [2.05, 4.69) is 16.8 Å². The van der Waals surface area contributed by atoms with Gasteiger partial charge in [-0.05, 0) is 24.7 Å². The minimum atomic E-state index is -1.42. The number of hydrogen-bond acceptors (Lipinski definition) is 9. The first kappa shape index (κ1) is 24.1. The van der Waals surface area contributed by atoms with E-state index in [1.54, 1.807) is 10.6 Å². The van der Waals surface area contributed by atoms with E-state index in [1.165, 1.54) is 7.11 Å². The Balaban J connectivity index is 1.56. The monoisotopic (exact) mass is 506 g/mol. The van der Waals surface area contributed by atoms with Gasteiger partial charge in [0.2, 0.25) is 0 Å². The van der Waals surface area contributed by atoms with Crippen molar-refractivity contribution in [1.29, 1.82) is 0 Å². The minimum Gasteiger partial charge on any atom is -0.486 e. The van der Waals surface area contributed by atoms with Crippen molar-refractivity contribution in [2.24, 2.45) is 0 Å². The van der Waals surface area contributed by atoms with E-state index < -0.39 is 6.10 Å². The smallest absolute Gasteiger partial charge is 0.257 e. The summed E-state index contributed by atoms with van der Waals surface area (Å²) in [5, 5.41) is 11.4. The van der Waals surface area contributed by atoms with E-state index in [0.717, 1.165) is 48.2 Å². The summed E-state index contributed by atoms with van der Waals surface area (Å²) in [5.41, 5.74) is 4.37. The van der Waals surface area contributed by atoms with Gasteiger partial charge in [-0.25, -0.2) is 4.98 Å². The fraction of sp³-hybridized carbons (Fsp3) is 0.444. The number of carbonyl (C=O) groups is 1. The normalized spacial score (nSPS) is 18.0. The number of nitrogens with zero attached hydrogens (tertiary/aromatic N) is 4. The van der Waals surface area contributed by atoms with Crippen LogP contribution in [0.2, 0.25) is 0 Å². The zero-order valence-corrected chi connectivity index (χ0v) is 21.0. The third-order valence-electron chi connectivity index (χ3n) is 7.58. The highest BCUT2D eigenvalue weighted by atomic mass is 16.6. The maximum Gasteiger partial charge on any atom is 0.257 e. The number of aromatic nitrogens is 2. The van der Waals surface area contributed by atoms with Gasteiger partial charge >= 0.3 is 0 Å². The molecule has 1 N–H and O–H groups in total. The van der Waals surface area contributed by atoms with Crippen molar-refractivity contribution < 1.29 is 24.1 Å². The lowest BCUT2D eigenvalue weighted by Gasteiger charge is -2.33. The molecule has 6 rings (SSSR count). The second kappa shape index (κ2) is 9.53. The Morgan fingerprint density at radius 2 is 1.84 bits per heavy atom. The number of fused-ring (bicyclic) bond motifs is 5. The van der Waals surface area contributed by atoms with E-state index in [9.17, 15) is 14.7 Å². The summed E-state index contributed by atoms with van der Waals surface area (Å²) < 4.78 is 18.6. The molecule has 0 radical (unpaired) electrons. The largest absolute Gasteiger partial charge is 0.486 e. The van der Waals surface area contributed by atoms with E-state index in [-0.39, 0.29) is 23.3 Å². The Labute approximate surface area is 214 Å². The molecule has 2 aromatic heterocycles. The summed E-state index contributed by atoms with van der Waals surface area (Å²) in [6.45, 7) is 5.92. The summed E-state index contributed by atoms with van der Waals surface area (Å²) in [4.78, 5) is 34.8. The van der Waals surface area contributed by atoms with Crippen LogP contribution in [0.25, 0.3) is 22.3 Å². The number of likely N-dealkylation sites (N-methyl/N-ethyl adjacent to an activating group) is 1. The molecule has 1 unspecified atom stereocenters. The second-order valence-corrected chi connectivity index (χ2v) is 9.88. The average Bonchev–Trinajstić information content (AvgIpc) is 3.28. The van der Waals surface area contributed by atoms with Crippen molar-refractivity contribution in [2.75, 3.05) is 53.6 Å². The number of piperazine rings is 1. The van der Waals surface area contributed by atoms with E-state index in [0.29, 0.717) is 55.5 Å². The first-order chi connectivity index (χ1) is 18.0. The summed E-state index contributed by atoms with van der Waals surface area (Å²) >= 11 is 0. The number of methoxy groups -OCH3 is 1. The Kier molecular flexibility index (Phi) is 6.20. The van der Waals surface area contributed by atoms with Crippen LogP contribution in [-0.2, 0) is 29.2 Å². The Morgan fingerprint density at radius 3 is 2.54 bits per heavy atom. The molecule has 1 atom stereocenters.